The summed E-state index contributed by atoms with van der Waals surface area (Å²) in [6.07, 6.45) is 22.7. The molecule has 504 valence electrons. The fraction of sp³-hybridized carbons (Fsp3) is 0.325. The third-order valence-corrected chi connectivity index (χ3v) is 22.7. The SMILES string of the molecule is CON(C)C(=O)c1ccccc1CC[C@]1(O)CCC2=Cc3c(cnn3-c3ccc(F)cc3)C[C@@]21C.C[C@]12Cc3cnn(-c4ccc(F)cc4)c3C=C1CC[C@@]2(O)CCc1ccccc1C(=O)O.C[C@]12Cc3cnn(-c4ccc(F)cc4)c3C=C1CC[C@@]2(O)CCc1ccccc1C=O. The van der Waals surface area contributed by atoms with Crippen LogP contribution in [0.1, 0.15) is 160 Å². The van der Waals surface area contributed by atoms with Crippen LogP contribution in [0.25, 0.3) is 35.3 Å². The van der Waals surface area contributed by atoms with Crippen molar-refractivity contribution >= 4 is 36.4 Å². The zero-order valence-electron chi connectivity index (χ0n) is 55.7. The minimum atomic E-state index is -0.943. The van der Waals surface area contributed by atoms with Crippen molar-refractivity contribution in [1.29, 1.82) is 0 Å². The molecule has 6 aliphatic rings. The second-order valence-corrected chi connectivity index (χ2v) is 27.9. The van der Waals surface area contributed by atoms with E-state index >= 15 is 0 Å². The molecule has 4 N–H and O–H groups in total. The molecular weight excluding hydrogens is 1240 g/mol. The molecule has 18 heteroatoms. The molecule has 6 aromatic carbocycles. The lowest BCUT2D eigenvalue weighted by Gasteiger charge is -2.42. The Morgan fingerprint density at radius 3 is 1.18 bits per heavy atom. The molecule has 0 saturated heterocycles. The van der Waals surface area contributed by atoms with Crippen molar-refractivity contribution in [1.82, 2.24) is 34.4 Å². The van der Waals surface area contributed by atoms with Gasteiger partial charge >= 0.3 is 5.97 Å². The van der Waals surface area contributed by atoms with Crippen LogP contribution in [-0.4, -0.2) is 104 Å². The van der Waals surface area contributed by atoms with Crippen LogP contribution in [0.3, 0.4) is 0 Å². The van der Waals surface area contributed by atoms with E-state index in [1.54, 1.807) is 61.6 Å². The van der Waals surface area contributed by atoms with E-state index in [4.69, 9.17) is 4.84 Å². The summed E-state index contributed by atoms with van der Waals surface area (Å²) in [5, 5.41) is 59.8. The standard InChI is InChI=1S/C28H30FN3O3.C26H25FN2O3.C26H25FN2O2/c1-27-17-20-18-30-32(23-10-8-22(29)9-11-23)25(20)16-21(27)13-15-28(27,34)14-12-19-6-4-5-7-24(19)26(33)31(2)35-3;1-25-15-18-16-28-29(21-8-6-20(27)7-9-21)23(18)14-19(25)11-13-26(25,32)12-10-17-4-2-3-5-22(17)24(30)31;1-25-15-20-16-28-29(23-8-6-22(27)7-9-23)24(20)14-21(25)11-13-26(25,31)12-10-18-4-2-3-5-19(18)17-30/h4-11,16,18,34H,12-15,17H2,1-3H3;2-9,14,16,32H,10-13,15H2,1H3,(H,30,31);2-9,14,16-17,31H,10-13,15H2,1H3/t27-,28-;2*25-,26-/m000/s1. The molecule has 98 heavy (non-hydrogen) atoms. The van der Waals surface area contributed by atoms with Crippen molar-refractivity contribution in [3.63, 3.8) is 0 Å². The molecule has 3 fully saturated rings. The molecule has 3 aromatic heterocycles. The molecule has 0 unspecified atom stereocenters. The second-order valence-electron chi connectivity index (χ2n) is 27.9. The molecule has 6 atom stereocenters. The number of fused-ring (bicyclic) bond motifs is 6. The third-order valence-electron chi connectivity index (χ3n) is 22.7. The quantitative estimate of drug-likeness (QED) is 0.0530. The van der Waals surface area contributed by atoms with E-state index in [2.05, 4.69) is 54.3 Å². The molecule has 9 aromatic rings. The Bertz CT molecular complexity index is 4630. The van der Waals surface area contributed by atoms with E-state index in [9.17, 15) is 48.0 Å². The number of aromatic nitrogens is 6. The van der Waals surface area contributed by atoms with Gasteiger partial charge in [0.1, 0.15) is 23.7 Å². The number of benzene rings is 6. The van der Waals surface area contributed by atoms with Gasteiger partial charge in [-0.1, -0.05) is 98.2 Å². The highest BCUT2D eigenvalue weighted by Gasteiger charge is 2.57. The Kier molecular flexibility index (Phi) is 18.0. The number of hydrogen-bond acceptors (Lipinski definition) is 10. The summed E-state index contributed by atoms with van der Waals surface area (Å²) in [5.41, 5.74) is 12.5. The van der Waals surface area contributed by atoms with Crippen molar-refractivity contribution < 1.29 is 52.8 Å². The second kappa shape index (κ2) is 26.3. The zero-order chi connectivity index (χ0) is 68.9. The highest BCUT2D eigenvalue weighted by Crippen LogP contribution is 2.60. The number of aryl methyl sites for hydroxylation is 3. The first-order valence-electron chi connectivity index (χ1n) is 33.5. The lowest BCUT2D eigenvalue weighted by molar-refractivity contribution is -0.0758. The number of aliphatic hydroxyl groups is 3. The molecule has 6 aliphatic carbocycles. The Morgan fingerprint density at radius 2 is 0.827 bits per heavy atom. The van der Waals surface area contributed by atoms with Gasteiger partial charge in [0, 0.05) is 34.4 Å². The number of rotatable bonds is 16. The molecule has 1 amide bonds. The number of hydroxylamine groups is 2. The van der Waals surface area contributed by atoms with Crippen LogP contribution < -0.4 is 0 Å². The Labute approximate surface area is 567 Å². The highest BCUT2D eigenvalue weighted by molar-refractivity contribution is 5.95. The summed E-state index contributed by atoms with van der Waals surface area (Å²) in [5.74, 6) is -1.98. The van der Waals surface area contributed by atoms with Crippen molar-refractivity contribution in [3.05, 3.63) is 266 Å². The largest absolute Gasteiger partial charge is 0.478 e. The minimum Gasteiger partial charge on any atom is -0.478 e. The zero-order valence-corrected chi connectivity index (χ0v) is 55.7. The lowest BCUT2D eigenvalue weighted by atomic mass is 9.65. The van der Waals surface area contributed by atoms with Gasteiger partial charge in [0.15, 0.2) is 0 Å². The predicted octanol–water partition coefficient (Wildman–Crippen LogP) is 14.5. The highest BCUT2D eigenvalue weighted by atomic mass is 19.1. The van der Waals surface area contributed by atoms with Crippen LogP contribution in [0.5, 0.6) is 0 Å². The predicted molar refractivity (Wildman–Crippen MR) is 368 cm³/mol. The molecule has 0 radical (unpaired) electrons. The first-order chi connectivity index (χ1) is 47.0. The average molecular weight is 1320 g/mol. The molecule has 3 saturated carbocycles. The minimum absolute atomic E-state index is 0.205. The fourth-order valence-electron chi connectivity index (χ4n) is 16.4. The number of halogens is 3. The van der Waals surface area contributed by atoms with Gasteiger partial charge in [0.25, 0.3) is 5.91 Å². The van der Waals surface area contributed by atoms with Gasteiger partial charge in [0.05, 0.1) is 82.2 Å². The summed E-state index contributed by atoms with van der Waals surface area (Å²) >= 11 is 0. The van der Waals surface area contributed by atoms with E-state index in [-0.39, 0.29) is 28.8 Å². The summed E-state index contributed by atoms with van der Waals surface area (Å²) < 4.78 is 45.6. The van der Waals surface area contributed by atoms with Gasteiger partial charge in [-0.2, -0.15) is 15.3 Å². The molecule has 15 nitrogen and oxygen atoms in total. The number of carboxylic acid groups (broad SMARTS) is 1. The number of aldehydes is 1. The number of carbonyl (C=O) groups excluding carboxylic acids is 2. The lowest BCUT2D eigenvalue weighted by Crippen LogP contribution is -2.45. The van der Waals surface area contributed by atoms with Gasteiger partial charge in [-0.25, -0.2) is 37.1 Å². The Morgan fingerprint density at radius 1 is 0.500 bits per heavy atom. The van der Waals surface area contributed by atoms with E-state index in [0.29, 0.717) is 93.7 Å². The van der Waals surface area contributed by atoms with Crippen LogP contribution in [0.2, 0.25) is 0 Å². The number of amides is 1. The van der Waals surface area contributed by atoms with Crippen LogP contribution in [0.15, 0.2) is 181 Å². The van der Waals surface area contributed by atoms with Gasteiger partial charge in [-0.3, -0.25) is 14.4 Å². The summed E-state index contributed by atoms with van der Waals surface area (Å²) in [6.45, 7) is 6.39. The number of carbonyl (C=O) groups is 3. The summed E-state index contributed by atoms with van der Waals surface area (Å²) in [6, 6.07) is 41.0. The van der Waals surface area contributed by atoms with Gasteiger partial charge in [-0.15, -0.1) is 0 Å². The molecule has 0 aliphatic heterocycles. The molecule has 15 rings (SSSR count). The smallest absolute Gasteiger partial charge is 0.335 e. The van der Waals surface area contributed by atoms with Crippen molar-refractivity contribution in [3.8, 4) is 17.1 Å². The topological polar surface area (TPSA) is 198 Å². The Hall–Kier alpha value is -9.59. The van der Waals surface area contributed by atoms with Crippen molar-refractivity contribution in [2.75, 3.05) is 14.2 Å². The van der Waals surface area contributed by atoms with Crippen molar-refractivity contribution in [2.24, 2.45) is 16.2 Å². The van der Waals surface area contributed by atoms with Crippen molar-refractivity contribution in [2.45, 2.75) is 134 Å². The van der Waals surface area contributed by atoms with E-state index in [1.165, 1.54) is 65.3 Å². The van der Waals surface area contributed by atoms with Crippen LogP contribution in [-0.2, 0) is 43.4 Å². The first kappa shape index (κ1) is 67.0. The van der Waals surface area contributed by atoms with E-state index in [0.717, 1.165) is 93.1 Å². The number of nitrogens with zero attached hydrogens (tertiary/aromatic N) is 7. The Balaban J connectivity index is 0.000000133. The molecule has 0 bridgehead atoms. The van der Waals surface area contributed by atoms with E-state index in [1.807, 2.05) is 87.2 Å². The maximum absolute atomic E-state index is 13.4. The maximum atomic E-state index is 13.4. The van der Waals surface area contributed by atoms with Crippen LogP contribution >= 0.6 is 0 Å². The van der Waals surface area contributed by atoms with E-state index < -0.39 is 33.6 Å². The normalized spacial score (nSPS) is 23.8. The maximum Gasteiger partial charge on any atom is 0.335 e. The summed E-state index contributed by atoms with van der Waals surface area (Å²) in [7, 11) is 3.06. The van der Waals surface area contributed by atoms with Gasteiger partial charge in [0.2, 0.25) is 0 Å². The molecular formula is C80H80F3N7O8. The first-order valence-corrected chi connectivity index (χ1v) is 33.5. The van der Waals surface area contributed by atoms with Gasteiger partial charge in [-0.05, 0) is 233 Å². The summed E-state index contributed by atoms with van der Waals surface area (Å²) in [4.78, 5) is 40.7. The van der Waals surface area contributed by atoms with Crippen LogP contribution in [0.4, 0.5) is 13.2 Å². The van der Waals surface area contributed by atoms with Crippen LogP contribution in [0, 0.1) is 33.7 Å². The molecule has 0 spiro atoms. The number of hydrogen-bond donors (Lipinski definition) is 4. The number of carboxylic acids is 1. The fourth-order valence-corrected chi connectivity index (χ4v) is 16.4. The monoisotopic (exact) mass is 1320 g/mol. The number of aromatic carboxylic acids is 1. The molecule has 3 heterocycles. The third kappa shape index (κ3) is 12.1. The average Bonchev–Trinajstić information content (AvgIpc) is 1.56. The van der Waals surface area contributed by atoms with Gasteiger partial charge < -0.3 is 20.4 Å².